The van der Waals surface area contributed by atoms with Crippen molar-refractivity contribution in [2.75, 3.05) is 7.11 Å². The Bertz CT molecular complexity index is 1160. The third-order valence-corrected chi connectivity index (χ3v) is 5.09. The number of ether oxygens (including phenoxy) is 2. The normalized spacial score (nSPS) is 10.8. The first-order valence-corrected chi connectivity index (χ1v) is 10.2. The number of carbonyl (C=O) groups excluding carboxylic acids is 1. The first kappa shape index (κ1) is 22.2. The third kappa shape index (κ3) is 5.79. The molecule has 3 rings (SSSR count). The van der Waals surface area contributed by atoms with Crippen LogP contribution in [0.5, 0.6) is 11.5 Å². The van der Waals surface area contributed by atoms with Gasteiger partial charge in [-0.15, -0.1) is 0 Å². The van der Waals surface area contributed by atoms with Crippen LogP contribution in [0.2, 0.25) is 0 Å². The predicted octanol–water partition coefficient (Wildman–Crippen LogP) is 6.15. The van der Waals surface area contributed by atoms with Crippen molar-refractivity contribution in [3.05, 3.63) is 104 Å². The predicted molar refractivity (Wildman–Crippen MR) is 123 cm³/mol. The number of ketones is 1. The van der Waals surface area contributed by atoms with Gasteiger partial charge in [0, 0.05) is 27.2 Å². The number of methoxy groups -OCH3 is 1. The molecule has 0 saturated heterocycles. The Balaban J connectivity index is 1.75. The summed E-state index contributed by atoms with van der Waals surface area (Å²) >= 11 is 3.37. The van der Waals surface area contributed by atoms with Gasteiger partial charge in [-0.05, 0) is 55.0 Å². The van der Waals surface area contributed by atoms with E-state index in [9.17, 15) is 14.9 Å². The average molecular weight is 482 g/mol. The monoisotopic (exact) mass is 481 g/mol. The number of nitro benzene ring substituents is 1. The highest BCUT2D eigenvalue weighted by Crippen LogP contribution is 2.26. The molecule has 6 nitrogen and oxygen atoms in total. The van der Waals surface area contributed by atoms with Crippen molar-refractivity contribution in [3.63, 3.8) is 0 Å². The second-order valence-corrected chi connectivity index (χ2v) is 7.69. The Morgan fingerprint density at radius 3 is 2.61 bits per heavy atom. The van der Waals surface area contributed by atoms with E-state index in [1.54, 1.807) is 44.4 Å². The zero-order valence-corrected chi connectivity index (χ0v) is 18.6. The van der Waals surface area contributed by atoms with Crippen LogP contribution in [0.3, 0.4) is 0 Å². The fraction of sp³-hybridized carbons (Fsp3) is 0.125. The number of benzene rings is 3. The first-order chi connectivity index (χ1) is 14.9. The van der Waals surface area contributed by atoms with Crippen LogP contribution >= 0.6 is 15.9 Å². The third-order valence-electron chi connectivity index (χ3n) is 4.60. The molecule has 0 bridgehead atoms. The SMILES string of the molecule is COc1ccc(/C=C/C(=O)c2cccc(Br)c2)cc1COc1ccc([N+](=O)[O-])c(C)c1. The molecule has 3 aromatic carbocycles. The minimum absolute atomic E-state index is 0.0483. The maximum Gasteiger partial charge on any atom is 0.272 e. The highest BCUT2D eigenvalue weighted by molar-refractivity contribution is 9.10. The fourth-order valence-corrected chi connectivity index (χ4v) is 3.41. The molecule has 0 radical (unpaired) electrons. The van der Waals surface area contributed by atoms with Crippen molar-refractivity contribution in [2.45, 2.75) is 13.5 Å². The summed E-state index contributed by atoms with van der Waals surface area (Å²) in [5.74, 6) is 1.07. The number of hydrogen-bond donors (Lipinski definition) is 0. The van der Waals surface area contributed by atoms with Crippen LogP contribution in [0.4, 0.5) is 5.69 Å². The van der Waals surface area contributed by atoms with E-state index in [-0.39, 0.29) is 18.1 Å². The lowest BCUT2D eigenvalue weighted by molar-refractivity contribution is -0.385. The molecular weight excluding hydrogens is 462 g/mol. The minimum atomic E-state index is -0.423. The Labute approximate surface area is 188 Å². The summed E-state index contributed by atoms with van der Waals surface area (Å²) in [6, 6.07) is 17.4. The summed E-state index contributed by atoms with van der Waals surface area (Å²) in [7, 11) is 1.57. The Kier molecular flexibility index (Phi) is 7.20. The Morgan fingerprint density at radius 2 is 1.94 bits per heavy atom. The van der Waals surface area contributed by atoms with Gasteiger partial charge in [0.1, 0.15) is 18.1 Å². The van der Waals surface area contributed by atoms with E-state index in [0.717, 1.165) is 15.6 Å². The minimum Gasteiger partial charge on any atom is -0.496 e. The summed E-state index contributed by atoms with van der Waals surface area (Å²) < 4.78 is 12.1. The van der Waals surface area contributed by atoms with E-state index in [0.29, 0.717) is 22.6 Å². The number of nitrogens with zero attached hydrogens (tertiary/aromatic N) is 1. The maximum atomic E-state index is 12.4. The molecular formula is C24H20BrNO5. The number of rotatable bonds is 8. The topological polar surface area (TPSA) is 78.7 Å². The first-order valence-electron chi connectivity index (χ1n) is 9.40. The molecule has 0 unspecified atom stereocenters. The van der Waals surface area contributed by atoms with Crippen LogP contribution in [0, 0.1) is 17.0 Å². The fourth-order valence-electron chi connectivity index (χ4n) is 3.01. The molecule has 0 N–H and O–H groups in total. The number of carbonyl (C=O) groups is 1. The van der Waals surface area contributed by atoms with Gasteiger partial charge in [0.2, 0.25) is 0 Å². The molecule has 0 atom stereocenters. The van der Waals surface area contributed by atoms with E-state index >= 15 is 0 Å². The van der Waals surface area contributed by atoms with E-state index in [1.807, 2.05) is 30.3 Å². The van der Waals surface area contributed by atoms with Crippen molar-refractivity contribution in [1.29, 1.82) is 0 Å². The van der Waals surface area contributed by atoms with Crippen LogP contribution in [-0.2, 0) is 6.61 Å². The number of aryl methyl sites for hydroxylation is 1. The number of hydrogen-bond acceptors (Lipinski definition) is 5. The van der Waals surface area contributed by atoms with Gasteiger partial charge in [0.25, 0.3) is 5.69 Å². The van der Waals surface area contributed by atoms with E-state index < -0.39 is 4.92 Å². The van der Waals surface area contributed by atoms with Gasteiger partial charge >= 0.3 is 0 Å². The summed E-state index contributed by atoms with van der Waals surface area (Å²) in [4.78, 5) is 22.9. The maximum absolute atomic E-state index is 12.4. The summed E-state index contributed by atoms with van der Waals surface area (Å²) in [5.41, 5.74) is 2.78. The molecule has 0 aliphatic heterocycles. The van der Waals surface area contributed by atoms with Crippen molar-refractivity contribution >= 4 is 33.5 Å². The Morgan fingerprint density at radius 1 is 1.13 bits per heavy atom. The van der Waals surface area contributed by atoms with Crippen LogP contribution < -0.4 is 9.47 Å². The lowest BCUT2D eigenvalue weighted by Gasteiger charge is -2.12. The molecule has 31 heavy (non-hydrogen) atoms. The van der Waals surface area contributed by atoms with Crippen LogP contribution in [0.25, 0.3) is 6.08 Å². The van der Waals surface area contributed by atoms with Crippen molar-refractivity contribution in [3.8, 4) is 11.5 Å². The zero-order valence-electron chi connectivity index (χ0n) is 17.0. The summed E-state index contributed by atoms with van der Waals surface area (Å²) in [6.45, 7) is 1.88. The highest BCUT2D eigenvalue weighted by Gasteiger charge is 2.12. The molecule has 0 aromatic heterocycles. The highest BCUT2D eigenvalue weighted by atomic mass is 79.9. The molecule has 3 aromatic rings. The van der Waals surface area contributed by atoms with Gasteiger partial charge in [0.15, 0.2) is 5.78 Å². The van der Waals surface area contributed by atoms with E-state index in [1.165, 1.54) is 12.1 Å². The lowest BCUT2D eigenvalue weighted by atomic mass is 10.1. The van der Waals surface area contributed by atoms with Crippen molar-refractivity contribution in [2.24, 2.45) is 0 Å². The second kappa shape index (κ2) is 10.0. The van der Waals surface area contributed by atoms with Crippen LogP contribution in [0.1, 0.15) is 27.0 Å². The van der Waals surface area contributed by atoms with E-state index in [2.05, 4.69) is 15.9 Å². The van der Waals surface area contributed by atoms with Gasteiger partial charge < -0.3 is 9.47 Å². The van der Waals surface area contributed by atoms with Crippen LogP contribution in [-0.4, -0.2) is 17.8 Å². The molecule has 0 spiro atoms. The quantitative estimate of drug-likeness (QED) is 0.167. The van der Waals surface area contributed by atoms with Gasteiger partial charge in [0.05, 0.1) is 12.0 Å². The average Bonchev–Trinajstić information content (AvgIpc) is 2.75. The summed E-state index contributed by atoms with van der Waals surface area (Å²) in [5, 5.41) is 11.0. The number of nitro groups is 1. The standard InChI is InChI=1S/C24H20BrNO5/c1-16-12-21(8-9-22(16)26(28)29)31-15-19-13-17(7-11-24(19)30-2)6-10-23(27)18-4-3-5-20(25)14-18/h3-14H,15H2,1-2H3/b10-6+. The Hall–Kier alpha value is -3.45. The summed E-state index contributed by atoms with van der Waals surface area (Å²) in [6.07, 6.45) is 3.26. The van der Waals surface area contributed by atoms with Crippen LogP contribution in [0.15, 0.2) is 71.2 Å². The molecule has 158 valence electrons. The molecule has 7 heteroatoms. The molecule has 0 fully saturated rings. The molecule has 0 aliphatic rings. The van der Waals surface area contributed by atoms with Gasteiger partial charge in [-0.1, -0.05) is 40.2 Å². The number of halogens is 1. The molecule has 0 saturated carbocycles. The van der Waals surface area contributed by atoms with E-state index in [4.69, 9.17) is 9.47 Å². The van der Waals surface area contributed by atoms with Crippen molar-refractivity contribution < 1.29 is 19.2 Å². The second-order valence-electron chi connectivity index (χ2n) is 6.77. The van der Waals surface area contributed by atoms with Crippen molar-refractivity contribution in [1.82, 2.24) is 0 Å². The van der Waals surface area contributed by atoms with Gasteiger partial charge in [-0.3, -0.25) is 14.9 Å². The zero-order chi connectivity index (χ0) is 22.4. The smallest absolute Gasteiger partial charge is 0.272 e. The lowest BCUT2D eigenvalue weighted by Crippen LogP contribution is -2.00. The molecule has 0 aliphatic carbocycles. The molecule has 0 heterocycles. The van der Waals surface area contributed by atoms with Gasteiger partial charge in [-0.2, -0.15) is 0 Å². The largest absolute Gasteiger partial charge is 0.496 e. The number of allylic oxidation sites excluding steroid dienone is 1. The molecule has 0 amide bonds. The van der Waals surface area contributed by atoms with Gasteiger partial charge in [-0.25, -0.2) is 0 Å².